The van der Waals surface area contributed by atoms with Crippen molar-refractivity contribution < 1.29 is 17.9 Å². The first-order valence-corrected chi connectivity index (χ1v) is 7.38. The molecule has 0 saturated heterocycles. The van der Waals surface area contributed by atoms with Crippen LogP contribution in [0.2, 0.25) is 0 Å². The Morgan fingerprint density at radius 2 is 2.00 bits per heavy atom. The lowest BCUT2D eigenvalue weighted by molar-refractivity contribution is -0.127. The second kappa shape index (κ2) is 5.58. The van der Waals surface area contributed by atoms with Crippen molar-refractivity contribution in [3.8, 4) is 5.75 Å². The van der Waals surface area contributed by atoms with Crippen LogP contribution in [-0.2, 0) is 20.3 Å². The van der Waals surface area contributed by atoms with Gasteiger partial charge in [-0.3, -0.25) is 4.79 Å². The minimum Gasteiger partial charge on any atom is -0.496 e. The van der Waals surface area contributed by atoms with Crippen LogP contribution >= 0.6 is 10.7 Å². The fourth-order valence-corrected chi connectivity index (χ4v) is 2.17. The molecule has 1 aromatic carbocycles. The third-order valence-electron chi connectivity index (χ3n) is 2.37. The number of hydrogen-bond donors (Lipinski definition) is 0. The van der Waals surface area contributed by atoms with Crippen molar-refractivity contribution in [2.75, 3.05) is 21.2 Å². The normalized spacial score (nSPS) is 11.1. The number of halogens is 1. The van der Waals surface area contributed by atoms with E-state index in [-0.39, 0.29) is 17.2 Å². The summed E-state index contributed by atoms with van der Waals surface area (Å²) in [5.41, 5.74) is 0.484. The van der Waals surface area contributed by atoms with Crippen LogP contribution in [0.5, 0.6) is 5.75 Å². The third kappa shape index (κ3) is 3.61. The number of rotatable bonds is 4. The Balaban J connectivity index is 3.19. The van der Waals surface area contributed by atoms with E-state index in [0.29, 0.717) is 11.3 Å². The predicted octanol–water partition coefficient (Wildman–Crippen LogP) is 1.25. The lowest BCUT2D eigenvalue weighted by Crippen LogP contribution is -2.23. The Hall–Kier alpha value is -1.27. The van der Waals surface area contributed by atoms with Crippen molar-refractivity contribution in [1.82, 2.24) is 4.90 Å². The van der Waals surface area contributed by atoms with Crippen molar-refractivity contribution >= 4 is 25.6 Å². The summed E-state index contributed by atoms with van der Waals surface area (Å²) in [4.78, 5) is 13.0. The predicted molar refractivity (Wildman–Crippen MR) is 68.4 cm³/mol. The van der Waals surface area contributed by atoms with E-state index in [1.54, 1.807) is 14.1 Å². The summed E-state index contributed by atoms with van der Waals surface area (Å²) >= 11 is 0. The number of carbonyl (C=O) groups excluding carboxylic acids is 1. The lowest BCUT2D eigenvalue weighted by atomic mass is 10.1. The van der Waals surface area contributed by atoms with Gasteiger partial charge in [-0.2, -0.15) is 0 Å². The molecule has 1 rings (SSSR count). The van der Waals surface area contributed by atoms with Crippen LogP contribution in [-0.4, -0.2) is 40.4 Å². The number of methoxy groups -OCH3 is 1. The van der Waals surface area contributed by atoms with Crippen molar-refractivity contribution in [1.29, 1.82) is 0 Å². The smallest absolute Gasteiger partial charge is 0.261 e. The average Bonchev–Trinajstić information content (AvgIpc) is 2.27. The molecule has 5 nitrogen and oxygen atoms in total. The van der Waals surface area contributed by atoms with E-state index in [1.165, 1.54) is 30.2 Å². The van der Waals surface area contributed by atoms with Crippen LogP contribution in [0.1, 0.15) is 5.56 Å². The molecule has 100 valence electrons. The second-order valence-corrected chi connectivity index (χ2v) is 6.44. The number of carbonyl (C=O) groups is 1. The highest BCUT2D eigenvalue weighted by molar-refractivity contribution is 8.13. The van der Waals surface area contributed by atoms with Crippen LogP contribution in [0.15, 0.2) is 23.1 Å². The van der Waals surface area contributed by atoms with Gasteiger partial charge in [0, 0.05) is 30.3 Å². The highest BCUT2D eigenvalue weighted by Gasteiger charge is 2.16. The van der Waals surface area contributed by atoms with Crippen LogP contribution in [0, 0.1) is 0 Å². The van der Waals surface area contributed by atoms with E-state index in [4.69, 9.17) is 15.4 Å². The first kappa shape index (κ1) is 14.8. The standard InChI is InChI=1S/C11H14ClNO4S/c1-13(2)11(14)7-8-6-9(18(12,15)16)4-5-10(8)17-3/h4-6H,7H2,1-3H3. The molecule has 0 unspecified atom stereocenters. The summed E-state index contributed by atoms with van der Waals surface area (Å²) in [5.74, 6) is 0.298. The highest BCUT2D eigenvalue weighted by Crippen LogP contribution is 2.25. The molecule has 0 bridgehead atoms. The van der Waals surface area contributed by atoms with Crippen molar-refractivity contribution in [3.63, 3.8) is 0 Å². The molecule has 0 aliphatic heterocycles. The molecule has 0 fully saturated rings. The van der Waals surface area contributed by atoms with Gasteiger partial charge in [0.05, 0.1) is 18.4 Å². The SMILES string of the molecule is COc1ccc(S(=O)(=O)Cl)cc1CC(=O)N(C)C. The summed E-state index contributed by atoms with van der Waals surface area (Å²) in [6.45, 7) is 0. The van der Waals surface area contributed by atoms with Crippen LogP contribution in [0.3, 0.4) is 0 Å². The fourth-order valence-electron chi connectivity index (χ4n) is 1.37. The first-order valence-electron chi connectivity index (χ1n) is 5.07. The van der Waals surface area contributed by atoms with E-state index in [9.17, 15) is 13.2 Å². The maximum Gasteiger partial charge on any atom is 0.261 e. The summed E-state index contributed by atoms with van der Waals surface area (Å²) in [6, 6.07) is 4.17. The molecule has 0 heterocycles. The van der Waals surface area contributed by atoms with Crippen LogP contribution < -0.4 is 4.74 Å². The van der Waals surface area contributed by atoms with E-state index >= 15 is 0 Å². The molecule has 0 saturated carbocycles. The molecule has 7 heteroatoms. The van der Waals surface area contributed by atoms with Gasteiger partial charge in [-0.1, -0.05) is 0 Å². The maximum atomic E-state index is 11.6. The van der Waals surface area contributed by atoms with Crippen molar-refractivity contribution in [2.45, 2.75) is 11.3 Å². The number of amides is 1. The van der Waals surface area contributed by atoms with Gasteiger partial charge in [-0.25, -0.2) is 8.42 Å². The monoisotopic (exact) mass is 291 g/mol. The first-order chi connectivity index (χ1) is 8.25. The van der Waals surface area contributed by atoms with Gasteiger partial charge < -0.3 is 9.64 Å². The highest BCUT2D eigenvalue weighted by atomic mass is 35.7. The number of likely N-dealkylation sites (N-methyl/N-ethyl adjacent to an activating group) is 1. The van der Waals surface area contributed by atoms with Crippen LogP contribution in [0.25, 0.3) is 0 Å². The van der Waals surface area contributed by atoms with E-state index in [0.717, 1.165) is 0 Å². The zero-order valence-electron chi connectivity index (χ0n) is 10.3. The van der Waals surface area contributed by atoms with Gasteiger partial charge >= 0.3 is 0 Å². The minimum absolute atomic E-state index is 0.0495. The summed E-state index contributed by atoms with van der Waals surface area (Å²) in [5, 5.41) is 0. The van der Waals surface area contributed by atoms with E-state index in [2.05, 4.69) is 0 Å². The topological polar surface area (TPSA) is 63.7 Å². The van der Waals surface area contributed by atoms with Crippen molar-refractivity contribution in [3.05, 3.63) is 23.8 Å². The Kier molecular flexibility index (Phi) is 4.59. The summed E-state index contributed by atoms with van der Waals surface area (Å²) in [6.07, 6.45) is 0.0520. The summed E-state index contributed by atoms with van der Waals surface area (Å²) < 4.78 is 27.6. The zero-order valence-corrected chi connectivity index (χ0v) is 11.9. The fraction of sp³-hybridized carbons (Fsp3) is 0.364. The van der Waals surface area contributed by atoms with Gasteiger partial charge in [0.15, 0.2) is 0 Å². The third-order valence-corrected chi connectivity index (χ3v) is 3.73. The number of benzene rings is 1. The number of ether oxygens (including phenoxy) is 1. The average molecular weight is 292 g/mol. The lowest BCUT2D eigenvalue weighted by Gasteiger charge is -2.13. The molecule has 0 radical (unpaired) electrons. The molecule has 0 N–H and O–H groups in total. The molecule has 0 aliphatic carbocycles. The molecular formula is C11H14ClNO4S. The number of hydrogen-bond acceptors (Lipinski definition) is 4. The van der Waals surface area contributed by atoms with Gasteiger partial charge in [-0.15, -0.1) is 0 Å². The molecule has 0 atom stereocenters. The quantitative estimate of drug-likeness (QED) is 0.783. The minimum atomic E-state index is -3.81. The molecule has 0 aromatic heterocycles. The van der Waals surface area contributed by atoms with Gasteiger partial charge in [-0.05, 0) is 18.2 Å². The Bertz CT molecular complexity index is 554. The van der Waals surface area contributed by atoms with Gasteiger partial charge in [0.2, 0.25) is 5.91 Å². The van der Waals surface area contributed by atoms with Gasteiger partial charge in [0.25, 0.3) is 9.05 Å². The zero-order chi connectivity index (χ0) is 13.9. The Labute approximate surface area is 111 Å². The maximum absolute atomic E-state index is 11.6. The molecule has 18 heavy (non-hydrogen) atoms. The van der Waals surface area contributed by atoms with Crippen molar-refractivity contribution in [2.24, 2.45) is 0 Å². The van der Waals surface area contributed by atoms with Crippen LogP contribution in [0.4, 0.5) is 0 Å². The number of nitrogens with zero attached hydrogens (tertiary/aromatic N) is 1. The molecular weight excluding hydrogens is 278 g/mol. The van der Waals surface area contributed by atoms with E-state index < -0.39 is 9.05 Å². The molecule has 1 amide bonds. The van der Waals surface area contributed by atoms with Gasteiger partial charge in [0.1, 0.15) is 5.75 Å². The molecule has 0 spiro atoms. The summed E-state index contributed by atoms with van der Waals surface area (Å²) in [7, 11) is 6.14. The molecule has 1 aromatic rings. The largest absolute Gasteiger partial charge is 0.496 e. The Morgan fingerprint density at radius 3 is 2.44 bits per heavy atom. The Morgan fingerprint density at radius 1 is 1.39 bits per heavy atom. The molecule has 0 aliphatic rings. The van der Waals surface area contributed by atoms with E-state index in [1.807, 2.05) is 0 Å². The second-order valence-electron chi connectivity index (χ2n) is 3.88.